The molecule has 3 aromatic rings. The Balaban J connectivity index is 2.27. The van der Waals surface area contributed by atoms with Gasteiger partial charge in [0.1, 0.15) is 0 Å². The molecule has 158 valence electrons. The number of carbonyl (C=O) groups excluding carboxylic acids is 1. The molecule has 0 bridgehead atoms. The molecule has 1 heterocycles. The normalized spacial score (nSPS) is 12.3. The smallest absolute Gasteiger partial charge is 0.311 e. The van der Waals surface area contributed by atoms with E-state index < -0.39 is 29.4 Å². The SMILES string of the molecule is CCCCC[C@H](C(=O)O)c1c(C)n(C(=O)c2cccc(Cl)c2)c2ccc(O)c(F)c12. The number of aromatic hydroxyl groups is 1. The summed E-state index contributed by atoms with van der Waals surface area (Å²) in [7, 11) is 0. The van der Waals surface area contributed by atoms with E-state index in [4.69, 9.17) is 11.6 Å². The number of hydrogen-bond acceptors (Lipinski definition) is 3. The number of phenolic OH excluding ortho intramolecular Hbond substituents is 1. The molecule has 3 rings (SSSR count). The Morgan fingerprint density at radius 2 is 1.93 bits per heavy atom. The molecule has 2 aromatic carbocycles. The molecule has 7 heteroatoms. The lowest BCUT2D eigenvalue weighted by atomic mass is 9.90. The van der Waals surface area contributed by atoms with Gasteiger partial charge in [-0.15, -0.1) is 0 Å². The van der Waals surface area contributed by atoms with Gasteiger partial charge >= 0.3 is 5.97 Å². The van der Waals surface area contributed by atoms with E-state index in [1.165, 1.54) is 16.7 Å². The van der Waals surface area contributed by atoms with Gasteiger partial charge in [-0.2, -0.15) is 0 Å². The van der Waals surface area contributed by atoms with E-state index in [1.54, 1.807) is 25.1 Å². The maximum atomic E-state index is 15.0. The molecule has 0 amide bonds. The molecular formula is C23H23ClFNO4. The number of aliphatic carboxylic acids is 1. The van der Waals surface area contributed by atoms with Crippen LogP contribution in [-0.4, -0.2) is 26.7 Å². The predicted octanol–water partition coefficient (Wildman–Crippen LogP) is 5.88. The highest BCUT2D eigenvalue weighted by molar-refractivity contribution is 6.31. The molecule has 0 fully saturated rings. The number of benzene rings is 2. The summed E-state index contributed by atoms with van der Waals surface area (Å²) in [5, 5.41) is 20.2. The minimum absolute atomic E-state index is 0.0354. The molecular weight excluding hydrogens is 409 g/mol. The number of carbonyl (C=O) groups is 2. The van der Waals surface area contributed by atoms with E-state index in [0.29, 0.717) is 29.1 Å². The zero-order valence-corrected chi connectivity index (χ0v) is 17.5. The second kappa shape index (κ2) is 8.88. The number of carboxylic acids is 1. The van der Waals surface area contributed by atoms with Crippen molar-refractivity contribution in [2.24, 2.45) is 0 Å². The van der Waals surface area contributed by atoms with Crippen molar-refractivity contribution < 1.29 is 24.2 Å². The maximum Gasteiger partial charge on any atom is 0.311 e. The summed E-state index contributed by atoms with van der Waals surface area (Å²) in [5.74, 6) is -4.05. The first-order valence-electron chi connectivity index (χ1n) is 9.83. The predicted molar refractivity (Wildman–Crippen MR) is 114 cm³/mol. The molecule has 0 aliphatic carbocycles. The van der Waals surface area contributed by atoms with E-state index in [1.807, 2.05) is 6.92 Å². The third-order valence-corrected chi connectivity index (χ3v) is 5.59. The van der Waals surface area contributed by atoms with Crippen molar-refractivity contribution in [3.05, 3.63) is 64.1 Å². The van der Waals surface area contributed by atoms with Crippen molar-refractivity contribution in [1.29, 1.82) is 0 Å². The highest BCUT2D eigenvalue weighted by atomic mass is 35.5. The summed E-state index contributed by atoms with van der Waals surface area (Å²) in [6, 6.07) is 8.95. The first kappa shape index (κ1) is 21.8. The lowest BCUT2D eigenvalue weighted by Crippen LogP contribution is -2.16. The second-order valence-corrected chi connectivity index (χ2v) is 7.77. The Labute approximate surface area is 178 Å². The molecule has 1 aromatic heterocycles. The fraction of sp³-hybridized carbons (Fsp3) is 0.304. The third kappa shape index (κ3) is 3.92. The number of halogens is 2. The molecule has 0 spiro atoms. The number of phenols is 1. The van der Waals surface area contributed by atoms with Crippen LogP contribution >= 0.6 is 11.6 Å². The van der Waals surface area contributed by atoms with Gasteiger partial charge in [0.25, 0.3) is 5.91 Å². The van der Waals surface area contributed by atoms with Gasteiger partial charge in [0, 0.05) is 21.7 Å². The van der Waals surface area contributed by atoms with Crippen LogP contribution in [0.4, 0.5) is 4.39 Å². The number of carboxylic acid groups (broad SMARTS) is 1. The average molecular weight is 432 g/mol. The van der Waals surface area contributed by atoms with Gasteiger partial charge in [-0.25, -0.2) is 4.39 Å². The van der Waals surface area contributed by atoms with Crippen LogP contribution in [-0.2, 0) is 4.79 Å². The zero-order chi connectivity index (χ0) is 22.0. The number of rotatable bonds is 7. The molecule has 0 aliphatic heterocycles. The van der Waals surface area contributed by atoms with E-state index in [0.717, 1.165) is 18.9 Å². The second-order valence-electron chi connectivity index (χ2n) is 7.33. The first-order valence-corrected chi connectivity index (χ1v) is 10.2. The van der Waals surface area contributed by atoms with Crippen LogP contribution in [0.3, 0.4) is 0 Å². The summed E-state index contributed by atoms with van der Waals surface area (Å²) in [5.41, 5.74) is 1.06. The minimum Gasteiger partial charge on any atom is -0.505 e. The maximum absolute atomic E-state index is 15.0. The van der Waals surface area contributed by atoms with Gasteiger partial charge in [-0.05, 0) is 49.2 Å². The molecule has 0 unspecified atom stereocenters. The van der Waals surface area contributed by atoms with E-state index in [9.17, 15) is 19.8 Å². The topological polar surface area (TPSA) is 79.5 Å². The lowest BCUT2D eigenvalue weighted by molar-refractivity contribution is -0.139. The summed E-state index contributed by atoms with van der Waals surface area (Å²) >= 11 is 6.02. The fourth-order valence-corrected chi connectivity index (χ4v) is 4.10. The van der Waals surface area contributed by atoms with Gasteiger partial charge in [-0.1, -0.05) is 43.9 Å². The Kier molecular flexibility index (Phi) is 6.46. The van der Waals surface area contributed by atoms with Crippen LogP contribution in [0, 0.1) is 12.7 Å². The fourth-order valence-electron chi connectivity index (χ4n) is 3.91. The molecule has 0 aliphatic rings. The monoisotopic (exact) mass is 431 g/mol. The quantitative estimate of drug-likeness (QED) is 0.457. The number of nitrogens with zero attached hydrogens (tertiary/aromatic N) is 1. The zero-order valence-electron chi connectivity index (χ0n) is 16.8. The van der Waals surface area contributed by atoms with Gasteiger partial charge in [0.15, 0.2) is 11.6 Å². The average Bonchev–Trinajstić information content (AvgIpc) is 3.00. The molecule has 2 N–H and O–H groups in total. The number of unbranched alkanes of at least 4 members (excludes halogenated alkanes) is 2. The highest BCUT2D eigenvalue weighted by Gasteiger charge is 2.31. The first-order chi connectivity index (χ1) is 14.3. The van der Waals surface area contributed by atoms with Crippen LogP contribution in [0.2, 0.25) is 5.02 Å². The summed E-state index contributed by atoms with van der Waals surface area (Å²) in [4.78, 5) is 25.4. The lowest BCUT2D eigenvalue weighted by Gasteiger charge is -2.14. The summed E-state index contributed by atoms with van der Waals surface area (Å²) < 4.78 is 16.3. The van der Waals surface area contributed by atoms with Crippen molar-refractivity contribution in [3.8, 4) is 5.75 Å². The Morgan fingerprint density at radius 3 is 2.57 bits per heavy atom. The number of aromatic nitrogens is 1. The van der Waals surface area contributed by atoms with Crippen LogP contribution in [0.1, 0.15) is 60.1 Å². The Morgan fingerprint density at radius 1 is 1.20 bits per heavy atom. The van der Waals surface area contributed by atoms with E-state index in [2.05, 4.69) is 0 Å². The number of hydrogen-bond donors (Lipinski definition) is 2. The molecule has 0 saturated carbocycles. The van der Waals surface area contributed by atoms with Crippen LogP contribution < -0.4 is 0 Å². The van der Waals surface area contributed by atoms with E-state index >= 15 is 4.39 Å². The molecule has 5 nitrogen and oxygen atoms in total. The van der Waals surface area contributed by atoms with Crippen LogP contribution in [0.25, 0.3) is 10.9 Å². The van der Waals surface area contributed by atoms with Crippen molar-refractivity contribution in [2.45, 2.75) is 45.4 Å². The van der Waals surface area contributed by atoms with Crippen molar-refractivity contribution >= 4 is 34.4 Å². The van der Waals surface area contributed by atoms with Crippen molar-refractivity contribution in [1.82, 2.24) is 4.57 Å². The van der Waals surface area contributed by atoms with Crippen molar-refractivity contribution in [2.75, 3.05) is 0 Å². The third-order valence-electron chi connectivity index (χ3n) is 5.35. The Hall–Kier alpha value is -2.86. The van der Waals surface area contributed by atoms with Gasteiger partial charge < -0.3 is 10.2 Å². The van der Waals surface area contributed by atoms with Gasteiger partial charge in [0.2, 0.25) is 0 Å². The largest absolute Gasteiger partial charge is 0.505 e. The minimum atomic E-state index is -1.09. The van der Waals surface area contributed by atoms with E-state index in [-0.39, 0.29) is 16.5 Å². The van der Waals surface area contributed by atoms with Gasteiger partial charge in [0.05, 0.1) is 11.4 Å². The van der Waals surface area contributed by atoms with Crippen molar-refractivity contribution in [3.63, 3.8) is 0 Å². The molecule has 30 heavy (non-hydrogen) atoms. The summed E-state index contributed by atoms with van der Waals surface area (Å²) in [6.45, 7) is 3.61. The van der Waals surface area contributed by atoms with Gasteiger partial charge in [-0.3, -0.25) is 14.2 Å². The highest BCUT2D eigenvalue weighted by Crippen LogP contribution is 2.39. The summed E-state index contributed by atoms with van der Waals surface area (Å²) in [6.07, 6.45) is 2.72. The van der Waals surface area contributed by atoms with Crippen LogP contribution in [0.15, 0.2) is 36.4 Å². The molecule has 1 atom stereocenters. The van der Waals surface area contributed by atoms with Crippen LogP contribution in [0.5, 0.6) is 5.75 Å². The number of fused-ring (bicyclic) bond motifs is 1. The standard InChI is InChI=1S/C23H23ClFNO4/c1-3-4-5-9-16(23(29)30)19-13(2)26(17-10-11-18(27)21(25)20(17)19)22(28)14-7-6-8-15(24)12-14/h6-8,10-12,16,27H,3-5,9H2,1-2H3,(H,29,30)/t16-/m0/s1. The Bertz CT molecular complexity index is 1120. The molecule has 0 saturated heterocycles. The molecule has 0 radical (unpaired) electrons.